The Hall–Kier alpha value is -1.57. The summed E-state index contributed by atoms with van der Waals surface area (Å²) in [6.45, 7) is 2.27. The molecular weight excluding hydrogens is 681 g/mol. The third-order valence-corrected chi connectivity index (χ3v) is 4.16. The number of amides is 1. The number of hydrogen-bond donors (Lipinski definition) is 4. The number of nitrogens with two attached hydrogens (primary N) is 2. The van der Waals surface area contributed by atoms with E-state index >= 15 is 0 Å². The number of aliphatic carboxylic acids is 2. The third kappa shape index (κ3) is 34.0. The molecule has 0 fully saturated rings. The Morgan fingerprint density at radius 2 is 1.13 bits per heavy atom. The first-order chi connectivity index (χ1) is 13.5. The Morgan fingerprint density at radius 3 is 1.23 bits per heavy atom. The first-order valence-corrected chi connectivity index (χ1v) is 10.8. The van der Waals surface area contributed by atoms with E-state index in [2.05, 4.69) is 36.1 Å². The fourth-order valence-corrected chi connectivity index (χ4v) is 1.99. The van der Waals surface area contributed by atoms with E-state index in [0.29, 0.717) is 0 Å². The van der Waals surface area contributed by atoms with Crippen LogP contribution >= 0.6 is 0 Å². The van der Waals surface area contributed by atoms with Gasteiger partial charge in [-0.15, -0.1) is 0 Å². The zero-order valence-corrected chi connectivity index (χ0v) is 26.5. The predicted octanol–water partition coefficient (Wildman–Crippen LogP) is -2.54. The molecule has 0 aliphatic carbocycles. The summed E-state index contributed by atoms with van der Waals surface area (Å²) in [6.07, 6.45) is -2.44. The second kappa shape index (κ2) is 25.5. The van der Waals surface area contributed by atoms with Gasteiger partial charge in [-0.05, 0) is 26.0 Å². The first kappa shape index (κ1) is 35.8. The predicted molar refractivity (Wildman–Crippen MR) is 101 cm³/mol. The molecule has 1 amide bonds. The van der Waals surface area contributed by atoms with Crippen LogP contribution in [0.5, 0.6) is 0 Å². The summed E-state index contributed by atoms with van der Waals surface area (Å²) in [7, 11) is 0. The number of carboxylic acids is 2. The second-order valence-electron chi connectivity index (χ2n) is 5.02. The molecule has 0 aliphatic rings. The summed E-state index contributed by atoms with van der Waals surface area (Å²) in [5, 5.41) is 34.6. The van der Waals surface area contributed by atoms with E-state index in [1.807, 2.05) is 30.3 Å². The van der Waals surface area contributed by atoms with Gasteiger partial charge >= 0.3 is 86.8 Å². The molecular formula is C19H25CdHgN2O7. The molecule has 0 bridgehead atoms. The zero-order chi connectivity index (χ0) is 23.2. The van der Waals surface area contributed by atoms with E-state index < -0.39 is 24.1 Å². The number of carbonyl (C=O) groups is 3. The fourth-order valence-electron chi connectivity index (χ4n) is 0.931. The molecule has 2 aromatic rings. The van der Waals surface area contributed by atoms with Gasteiger partial charge in [0.1, 0.15) is 0 Å². The van der Waals surface area contributed by atoms with E-state index in [1.165, 1.54) is 3.07 Å². The summed E-state index contributed by atoms with van der Waals surface area (Å²) < 4.78 is 1.52. The maximum absolute atomic E-state index is 9.34. The summed E-state index contributed by atoms with van der Waals surface area (Å²) >= 11 is 0.810. The molecule has 9 nitrogen and oxygen atoms in total. The maximum atomic E-state index is 9.34. The summed E-state index contributed by atoms with van der Waals surface area (Å²) in [5.41, 5.74) is 10.3. The van der Waals surface area contributed by atoms with Crippen LogP contribution in [0.25, 0.3) is 0 Å². The Labute approximate surface area is 212 Å². The first-order valence-electron chi connectivity index (χ1n) is 8.10. The molecule has 157 valence electrons. The molecule has 0 radical (unpaired) electrons. The van der Waals surface area contributed by atoms with Crippen molar-refractivity contribution in [1.82, 2.24) is 0 Å². The molecule has 11 heteroatoms. The quantitative estimate of drug-likeness (QED) is 0.149. The number of aliphatic hydroxyl groups excluding tert-OH is 2. The van der Waals surface area contributed by atoms with Crippen LogP contribution in [-0.2, 0) is 67.8 Å². The number of primary amides is 1. The van der Waals surface area contributed by atoms with E-state index in [4.69, 9.17) is 20.7 Å². The van der Waals surface area contributed by atoms with Crippen molar-refractivity contribution in [3.8, 4) is 0 Å². The molecule has 2 aromatic carbocycles. The van der Waals surface area contributed by atoms with Crippen molar-refractivity contribution in [2.75, 3.05) is 5.73 Å². The summed E-state index contributed by atoms with van der Waals surface area (Å²) in [6, 6.07) is 20.0. The average Bonchev–Trinajstić information content (AvgIpc) is 2.65. The molecule has 0 heterocycles. The molecule has 2 atom stereocenters. The van der Waals surface area contributed by atoms with Crippen molar-refractivity contribution < 1.29 is 88.2 Å². The van der Waals surface area contributed by atoms with Crippen molar-refractivity contribution in [1.29, 1.82) is 0 Å². The summed E-state index contributed by atoms with van der Waals surface area (Å²) in [4.78, 5) is 27.3. The van der Waals surface area contributed by atoms with Crippen LogP contribution in [0, 0.1) is 0 Å². The van der Waals surface area contributed by atoms with E-state index in [1.54, 1.807) is 0 Å². The molecule has 0 aromatic heterocycles. The van der Waals surface area contributed by atoms with Gasteiger partial charge < -0.3 is 41.5 Å². The SMILES string of the molecule is CC(O)C(=O)[O-].CC(O)C(=O)[O-].NC=O.Nc1ccccc1.[Cd+2].[Hg][c]1ccccc1. The number of rotatable bonds is 2. The molecule has 0 saturated carbocycles. The second-order valence-corrected chi connectivity index (χ2v) is 8.20. The molecule has 30 heavy (non-hydrogen) atoms. The number of nitrogen functional groups attached to an aromatic ring is 1. The standard InChI is InChI=1S/C6H7N.C6H5.2C3H6O3.CH3NO.Cd.Hg/c7-6-4-2-1-3-5-6;1-2-4-6-5-3-1;2*1-2(4)3(5)6;2-1-3;;/h1-5H,7H2;1-5H;2*2,4H,1H3,(H,5,6);1H,(H2,2,3);;/q;;;;;+2;/p-2. The van der Waals surface area contributed by atoms with Gasteiger partial charge in [0.2, 0.25) is 6.41 Å². The third-order valence-electron chi connectivity index (χ3n) is 2.32. The number of hydrogen-bond acceptors (Lipinski definition) is 8. The van der Waals surface area contributed by atoms with Crippen LogP contribution in [0.1, 0.15) is 13.8 Å². The van der Waals surface area contributed by atoms with Gasteiger partial charge in [-0.1, -0.05) is 18.2 Å². The molecule has 2 unspecified atom stereocenters. The normalized spacial score (nSPS) is 9.93. The van der Waals surface area contributed by atoms with Crippen molar-refractivity contribution in [2.24, 2.45) is 5.73 Å². The van der Waals surface area contributed by atoms with Gasteiger partial charge in [0.05, 0.1) is 24.1 Å². The van der Waals surface area contributed by atoms with Crippen LogP contribution in [0.4, 0.5) is 5.69 Å². The number of benzene rings is 2. The Morgan fingerprint density at radius 1 is 0.900 bits per heavy atom. The zero-order valence-electron chi connectivity index (χ0n) is 17.0. The van der Waals surface area contributed by atoms with Gasteiger partial charge in [-0.25, -0.2) is 0 Å². The number of aliphatic hydroxyl groups is 2. The van der Waals surface area contributed by atoms with Gasteiger partial charge in [0, 0.05) is 5.69 Å². The number of para-hydroxylation sites is 1. The van der Waals surface area contributed by atoms with Gasteiger partial charge in [-0.2, -0.15) is 0 Å². The van der Waals surface area contributed by atoms with E-state index in [9.17, 15) is 19.8 Å². The van der Waals surface area contributed by atoms with Gasteiger partial charge in [0.25, 0.3) is 0 Å². The van der Waals surface area contributed by atoms with Crippen molar-refractivity contribution in [3.05, 3.63) is 60.7 Å². The van der Waals surface area contributed by atoms with Crippen LogP contribution < -0.4 is 24.8 Å². The molecule has 0 saturated heterocycles. The van der Waals surface area contributed by atoms with Crippen LogP contribution in [0.15, 0.2) is 60.7 Å². The Kier molecular flexibility index (Phi) is 30.4. The van der Waals surface area contributed by atoms with Crippen LogP contribution in [0.2, 0.25) is 0 Å². The molecule has 6 N–H and O–H groups in total. The monoisotopic (exact) mass is 709 g/mol. The fraction of sp³-hybridized carbons (Fsp3) is 0.211. The van der Waals surface area contributed by atoms with E-state index in [-0.39, 0.29) is 33.7 Å². The minimum absolute atomic E-state index is 0. The summed E-state index contributed by atoms with van der Waals surface area (Å²) in [5.74, 6) is -2.87. The number of carbonyl (C=O) groups excluding carboxylic acids is 3. The number of anilines is 1. The Bertz CT molecular complexity index is 605. The minimum atomic E-state index is -1.44. The van der Waals surface area contributed by atoms with Gasteiger partial charge in [0.15, 0.2) is 0 Å². The van der Waals surface area contributed by atoms with Crippen molar-refractivity contribution in [2.45, 2.75) is 26.1 Å². The molecule has 0 aliphatic heterocycles. The average molecular weight is 706 g/mol. The number of carboxylic acid groups (broad SMARTS) is 2. The molecule has 2 rings (SSSR count). The Balaban J connectivity index is -0.000000143. The van der Waals surface area contributed by atoms with E-state index in [0.717, 1.165) is 45.7 Å². The van der Waals surface area contributed by atoms with Crippen molar-refractivity contribution in [3.63, 3.8) is 0 Å². The van der Waals surface area contributed by atoms with Crippen molar-refractivity contribution >= 4 is 27.1 Å². The van der Waals surface area contributed by atoms with Crippen LogP contribution in [0.3, 0.4) is 0 Å². The van der Waals surface area contributed by atoms with Crippen LogP contribution in [-0.4, -0.2) is 40.8 Å². The molecule has 0 spiro atoms. The topological polar surface area (TPSA) is 190 Å². The van der Waals surface area contributed by atoms with Gasteiger partial charge in [-0.3, -0.25) is 4.79 Å².